The molecule has 104 valence electrons. The van der Waals surface area contributed by atoms with E-state index in [1.165, 1.54) is 0 Å². The van der Waals surface area contributed by atoms with Crippen molar-refractivity contribution in [2.75, 3.05) is 13.1 Å². The van der Waals surface area contributed by atoms with Gasteiger partial charge in [0.1, 0.15) is 0 Å². The molecule has 5 heteroatoms. The van der Waals surface area contributed by atoms with Gasteiger partial charge in [-0.15, -0.1) is 0 Å². The molecule has 19 heavy (non-hydrogen) atoms. The number of piperidine rings is 1. The van der Waals surface area contributed by atoms with Crippen LogP contribution in [0.25, 0.3) is 0 Å². The summed E-state index contributed by atoms with van der Waals surface area (Å²) >= 11 is 11.8. The summed E-state index contributed by atoms with van der Waals surface area (Å²) in [6.45, 7) is 3.13. The molecule has 1 saturated heterocycles. The van der Waals surface area contributed by atoms with Crippen molar-refractivity contribution in [2.24, 2.45) is 5.92 Å². The number of hydrogen-bond acceptors (Lipinski definition) is 2. The molecule has 1 amide bonds. The highest BCUT2D eigenvalue weighted by molar-refractivity contribution is 6.35. The van der Waals surface area contributed by atoms with Crippen LogP contribution in [0.5, 0.6) is 0 Å². The first kappa shape index (κ1) is 14.6. The smallest absolute Gasteiger partial charge is 0.253 e. The molecule has 0 aromatic heterocycles. The lowest BCUT2D eigenvalue weighted by Gasteiger charge is -2.33. The Labute approximate surface area is 123 Å². The Hall–Kier alpha value is -0.770. The Morgan fingerprint density at radius 1 is 1.26 bits per heavy atom. The van der Waals surface area contributed by atoms with E-state index in [0.29, 0.717) is 28.7 Å². The molecule has 1 heterocycles. The maximum Gasteiger partial charge on any atom is 0.253 e. The van der Waals surface area contributed by atoms with Gasteiger partial charge in [0.05, 0.1) is 6.10 Å². The molecule has 1 aliphatic rings. The van der Waals surface area contributed by atoms with Crippen LogP contribution in [0.1, 0.15) is 30.1 Å². The number of aliphatic hydroxyl groups is 1. The van der Waals surface area contributed by atoms with Crippen LogP contribution in [0.3, 0.4) is 0 Å². The van der Waals surface area contributed by atoms with Gasteiger partial charge in [-0.2, -0.15) is 0 Å². The lowest BCUT2D eigenvalue weighted by atomic mass is 9.92. The van der Waals surface area contributed by atoms with Gasteiger partial charge in [0.15, 0.2) is 0 Å². The van der Waals surface area contributed by atoms with Gasteiger partial charge < -0.3 is 10.0 Å². The van der Waals surface area contributed by atoms with Crippen LogP contribution in [0.15, 0.2) is 18.2 Å². The number of carbonyl (C=O) groups excluding carboxylic acids is 1. The van der Waals surface area contributed by atoms with Crippen molar-refractivity contribution in [3.05, 3.63) is 33.8 Å². The predicted molar refractivity (Wildman–Crippen MR) is 76.8 cm³/mol. The van der Waals surface area contributed by atoms with E-state index in [0.717, 1.165) is 12.8 Å². The van der Waals surface area contributed by atoms with Gasteiger partial charge in [0.25, 0.3) is 5.91 Å². The van der Waals surface area contributed by atoms with Crippen LogP contribution >= 0.6 is 23.2 Å². The lowest BCUT2D eigenvalue weighted by molar-refractivity contribution is 0.0521. The average molecular weight is 302 g/mol. The molecular weight excluding hydrogens is 285 g/mol. The maximum atomic E-state index is 12.3. The van der Waals surface area contributed by atoms with Gasteiger partial charge in [-0.25, -0.2) is 0 Å². The highest BCUT2D eigenvalue weighted by Gasteiger charge is 2.26. The van der Waals surface area contributed by atoms with E-state index >= 15 is 0 Å². The van der Waals surface area contributed by atoms with Crippen LogP contribution in [-0.2, 0) is 0 Å². The van der Waals surface area contributed by atoms with Gasteiger partial charge in [-0.3, -0.25) is 4.79 Å². The van der Waals surface area contributed by atoms with Gasteiger partial charge in [0.2, 0.25) is 0 Å². The van der Waals surface area contributed by atoms with Crippen LogP contribution in [0, 0.1) is 5.92 Å². The molecule has 0 radical (unpaired) electrons. The number of aliphatic hydroxyl groups excluding tert-OH is 1. The van der Waals surface area contributed by atoms with Crippen molar-refractivity contribution in [3.8, 4) is 0 Å². The molecule has 2 rings (SSSR count). The third-order valence-corrected chi connectivity index (χ3v) is 4.05. The molecule has 1 aromatic carbocycles. The zero-order valence-electron chi connectivity index (χ0n) is 10.8. The van der Waals surface area contributed by atoms with Crippen LogP contribution in [0.4, 0.5) is 0 Å². The van der Waals surface area contributed by atoms with Crippen molar-refractivity contribution in [2.45, 2.75) is 25.9 Å². The second-order valence-corrected chi connectivity index (χ2v) is 5.90. The van der Waals surface area contributed by atoms with Gasteiger partial charge >= 0.3 is 0 Å². The summed E-state index contributed by atoms with van der Waals surface area (Å²) in [6.07, 6.45) is 1.35. The van der Waals surface area contributed by atoms with Crippen molar-refractivity contribution in [1.29, 1.82) is 0 Å². The minimum Gasteiger partial charge on any atom is -0.393 e. The first-order chi connectivity index (χ1) is 8.97. The molecule has 1 fully saturated rings. The lowest BCUT2D eigenvalue weighted by Crippen LogP contribution is -2.40. The minimum absolute atomic E-state index is 0.0477. The highest BCUT2D eigenvalue weighted by atomic mass is 35.5. The number of nitrogens with zero attached hydrogens (tertiary/aromatic N) is 1. The molecule has 0 spiro atoms. The average Bonchev–Trinajstić information content (AvgIpc) is 2.37. The standard InChI is InChI=1S/C14H17Cl2NO2/c1-9(18)10-2-4-17(5-3-10)14(19)11-6-12(15)8-13(16)7-11/h6-10,18H,2-5H2,1H3. The number of halogens is 2. The van der Waals surface area contributed by atoms with Crippen molar-refractivity contribution in [1.82, 2.24) is 4.90 Å². The molecule has 1 N–H and O–H groups in total. The second kappa shape index (κ2) is 6.12. The molecule has 1 atom stereocenters. The van der Waals surface area contributed by atoms with Crippen LogP contribution in [0.2, 0.25) is 10.0 Å². The molecular formula is C14H17Cl2NO2. The maximum absolute atomic E-state index is 12.3. The Morgan fingerprint density at radius 3 is 2.26 bits per heavy atom. The van der Waals surface area contributed by atoms with E-state index in [4.69, 9.17) is 23.2 Å². The zero-order chi connectivity index (χ0) is 14.0. The molecule has 0 saturated carbocycles. The van der Waals surface area contributed by atoms with Crippen LogP contribution < -0.4 is 0 Å². The Morgan fingerprint density at radius 2 is 1.79 bits per heavy atom. The number of carbonyl (C=O) groups is 1. The number of benzene rings is 1. The monoisotopic (exact) mass is 301 g/mol. The Balaban J connectivity index is 2.05. The number of likely N-dealkylation sites (tertiary alicyclic amines) is 1. The fourth-order valence-corrected chi connectivity index (χ4v) is 2.97. The fourth-order valence-electron chi connectivity index (χ4n) is 2.44. The van der Waals surface area contributed by atoms with E-state index in [2.05, 4.69) is 0 Å². The molecule has 0 bridgehead atoms. The van der Waals surface area contributed by atoms with Crippen molar-refractivity contribution in [3.63, 3.8) is 0 Å². The van der Waals surface area contributed by atoms with Crippen molar-refractivity contribution >= 4 is 29.1 Å². The first-order valence-electron chi connectivity index (χ1n) is 6.41. The number of rotatable bonds is 2. The fraction of sp³-hybridized carbons (Fsp3) is 0.500. The van der Waals surface area contributed by atoms with E-state index < -0.39 is 0 Å². The summed E-state index contributed by atoms with van der Waals surface area (Å²) in [5.41, 5.74) is 0.521. The topological polar surface area (TPSA) is 40.5 Å². The summed E-state index contributed by atoms with van der Waals surface area (Å²) in [6, 6.07) is 4.88. The van der Waals surface area contributed by atoms with Gasteiger partial charge in [0, 0.05) is 28.7 Å². The molecule has 1 unspecified atom stereocenters. The summed E-state index contributed by atoms with van der Waals surface area (Å²) in [5, 5.41) is 10.5. The molecule has 3 nitrogen and oxygen atoms in total. The Bertz CT molecular complexity index is 448. The first-order valence-corrected chi connectivity index (χ1v) is 7.16. The number of hydrogen-bond donors (Lipinski definition) is 1. The zero-order valence-corrected chi connectivity index (χ0v) is 12.3. The SMILES string of the molecule is CC(O)C1CCN(C(=O)c2cc(Cl)cc(Cl)c2)CC1. The summed E-state index contributed by atoms with van der Waals surface area (Å²) < 4.78 is 0. The Kier molecular flexibility index (Phi) is 4.71. The summed E-state index contributed by atoms with van der Waals surface area (Å²) in [5.74, 6) is 0.237. The third-order valence-electron chi connectivity index (χ3n) is 3.62. The van der Waals surface area contributed by atoms with Crippen LogP contribution in [-0.4, -0.2) is 35.1 Å². The molecule has 1 aromatic rings. The number of amides is 1. The summed E-state index contributed by atoms with van der Waals surface area (Å²) in [7, 11) is 0. The molecule has 0 aliphatic carbocycles. The van der Waals surface area contributed by atoms with E-state index in [-0.39, 0.29) is 17.9 Å². The van der Waals surface area contributed by atoms with Gasteiger partial charge in [-0.1, -0.05) is 23.2 Å². The summed E-state index contributed by atoms with van der Waals surface area (Å²) in [4.78, 5) is 14.1. The largest absolute Gasteiger partial charge is 0.393 e. The second-order valence-electron chi connectivity index (χ2n) is 5.03. The van der Waals surface area contributed by atoms with Crippen molar-refractivity contribution < 1.29 is 9.90 Å². The van der Waals surface area contributed by atoms with E-state index in [1.807, 2.05) is 0 Å². The normalized spacial score (nSPS) is 18.4. The van der Waals surface area contributed by atoms with E-state index in [9.17, 15) is 9.90 Å². The molecule has 1 aliphatic heterocycles. The van der Waals surface area contributed by atoms with E-state index in [1.54, 1.807) is 30.0 Å². The third kappa shape index (κ3) is 3.62. The van der Waals surface area contributed by atoms with Gasteiger partial charge in [-0.05, 0) is 43.9 Å². The minimum atomic E-state index is -0.308. The predicted octanol–water partition coefficient (Wildman–Crippen LogP) is 3.23. The quantitative estimate of drug-likeness (QED) is 0.911. The highest BCUT2D eigenvalue weighted by Crippen LogP contribution is 2.24.